The molecule has 1 fully saturated rings. The van der Waals surface area contributed by atoms with Crippen LogP contribution in [0.3, 0.4) is 0 Å². The molecule has 9 heteroatoms. The van der Waals surface area contributed by atoms with Crippen LogP contribution in [-0.2, 0) is 0 Å². The van der Waals surface area contributed by atoms with Gasteiger partial charge in [-0.25, -0.2) is 0 Å². The maximum atomic E-state index is 10.0. The van der Waals surface area contributed by atoms with Gasteiger partial charge < -0.3 is 25.7 Å². The van der Waals surface area contributed by atoms with Gasteiger partial charge in [-0.2, -0.15) is 0 Å². The van der Waals surface area contributed by atoms with Gasteiger partial charge in [0, 0.05) is 24.5 Å². The summed E-state index contributed by atoms with van der Waals surface area (Å²) in [6.07, 6.45) is 4.11. The first kappa shape index (κ1) is 22.6. The Morgan fingerprint density at radius 3 is 2.47 bits per heavy atom. The maximum absolute atomic E-state index is 10.0. The van der Waals surface area contributed by atoms with Crippen molar-refractivity contribution < 1.29 is 20.4 Å². The molecular weight excluding hydrogens is 386 g/mol. The van der Waals surface area contributed by atoms with Gasteiger partial charge in [0.1, 0.15) is 24.9 Å². The number of benzene rings is 1. The molecule has 30 heavy (non-hydrogen) atoms. The molecule has 1 aliphatic rings. The average molecular weight is 420 g/mol. The molecule has 5 N–H and O–H groups in total. The summed E-state index contributed by atoms with van der Waals surface area (Å²) in [5, 5.41) is 50.3. The van der Waals surface area contributed by atoms with Crippen LogP contribution in [0, 0.1) is 6.92 Å². The first-order valence-corrected chi connectivity index (χ1v) is 10.6. The summed E-state index contributed by atoms with van der Waals surface area (Å²) in [6, 6.07) is 5.69. The molecular formula is C21H33N5O4. The van der Waals surface area contributed by atoms with Gasteiger partial charge in [-0.05, 0) is 50.1 Å². The highest BCUT2D eigenvalue weighted by atomic mass is 16.4. The summed E-state index contributed by atoms with van der Waals surface area (Å²) in [4.78, 5) is 1.88. The van der Waals surface area contributed by atoms with E-state index in [2.05, 4.69) is 34.6 Å². The number of piperidine rings is 1. The zero-order chi connectivity index (χ0) is 21.5. The van der Waals surface area contributed by atoms with Gasteiger partial charge in [0.15, 0.2) is 0 Å². The van der Waals surface area contributed by atoms with Crippen LogP contribution in [-0.4, -0.2) is 90.7 Å². The summed E-state index contributed by atoms with van der Waals surface area (Å²) in [7, 11) is 0. The number of aliphatic hydroxyl groups is 4. The zero-order valence-corrected chi connectivity index (χ0v) is 17.4. The van der Waals surface area contributed by atoms with Gasteiger partial charge in [0.2, 0.25) is 0 Å². The molecule has 0 amide bonds. The number of hydrogen-bond acceptors (Lipinski definition) is 8. The third-order valence-electron chi connectivity index (χ3n) is 5.83. The highest BCUT2D eigenvalue weighted by molar-refractivity contribution is 5.55. The molecule has 1 saturated heterocycles. The number of hydrogen-bond donors (Lipinski definition) is 5. The fraction of sp³-hybridized carbons (Fsp3) is 0.619. The molecule has 0 radical (unpaired) electrons. The highest BCUT2D eigenvalue weighted by Gasteiger charge is 2.40. The van der Waals surface area contributed by atoms with E-state index in [0.717, 1.165) is 43.6 Å². The van der Waals surface area contributed by atoms with Gasteiger partial charge in [0.25, 0.3) is 0 Å². The molecule has 1 aromatic heterocycles. The predicted octanol–water partition coefficient (Wildman–Crippen LogP) is 0.307. The summed E-state index contributed by atoms with van der Waals surface area (Å²) in [5.74, 6) is 0. The van der Waals surface area contributed by atoms with Crippen molar-refractivity contribution in [3.63, 3.8) is 0 Å². The van der Waals surface area contributed by atoms with E-state index in [0.29, 0.717) is 6.54 Å². The Bertz CT molecular complexity index is 773. The first-order valence-electron chi connectivity index (χ1n) is 10.6. The lowest BCUT2D eigenvalue weighted by Gasteiger charge is -2.43. The van der Waals surface area contributed by atoms with Crippen molar-refractivity contribution in [3.8, 4) is 5.69 Å². The summed E-state index contributed by atoms with van der Waals surface area (Å²) >= 11 is 0. The smallest absolute Gasteiger partial charge is 0.123 e. The lowest BCUT2D eigenvalue weighted by molar-refractivity contribution is -0.145. The second-order valence-corrected chi connectivity index (χ2v) is 8.00. The van der Waals surface area contributed by atoms with E-state index in [1.807, 2.05) is 15.5 Å². The highest BCUT2D eigenvalue weighted by Crippen LogP contribution is 2.21. The van der Waals surface area contributed by atoms with Crippen LogP contribution < -0.4 is 5.32 Å². The Morgan fingerprint density at radius 2 is 1.77 bits per heavy atom. The molecule has 2 heterocycles. The summed E-state index contributed by atoms with van der Waals surface area (Å²) in [5.41, 5.74) is 3.32. The number of nitrogens with one attached hydrogen (secondary N) is 1. The topological polar surface area (TPSA) is 127 Å². The molecule has 4 atom stereocenters. The van der Waals surface area contributed by atoms with Crippen molar-refractivity contribution in [2.75, 3.05) is 31.6 Å². The minimum Gasteiger partial charge on any atom is -0.395 e. The molecule has 166 valence electrons. The van der Waals surface area contributed by atoms with Gasteiger partial charge in [-0.1, -0.05) is 12.8 Å². The van der Waals surface area contributed by atoms with Crippen LogP contribution in [0.2, 0.25) is 0 Å². The van der Waals surface area contributed by atoms with Crippen LogP contribution in [0.15, 0.2) is 30.9 Å². The van der Waals surface area contributed by atoms with Crippen molar-refractivity contribution in [1.82, 2.24) is 19.7 Å². The van der Waals surface area contributed by atoms with E-state index in [4.69, 9.17) is 0 Å². The van der Waals surface area contributed by atoms with Crippen LogP contribution in [0.1, 0.15) is 31.2 Å². The molecule has 1 aliphatic heterocycles. The van der Waals surface area contributed by atoms with Crippen molar-refractivity contribution in [2.45, 2.75) is 57.0 Å². The van der Waals surface area contributed by atoms with Gasteiger partial charge in [-0.15, -0.1) is 10.2 Å². The zero-order valence-electron chi connectivity index (χ0n) is 17.4. The summed E-state index contributed by atoms with van der Waals surface area (Å²) < 4.78 is 1.87. The number of nitrogens with zero attached hydrogens (tertiary/aromatic N) is 4. The normalized spacial score (nSPS) is 24.8. The number of aryl methyl sites for hydroxylation is 1. The number of anilines is 1. The van der Waals surface area contributed by atoms with Gasteiger partial charge >= 0.3 is 0 Å². The van der Waals surface area contributed by atoms with Crippen LogP contribution in [0.5, 0.6) is 0 Å². The monoisotopic (exact) mass is 419 g/mol. The van der Waals surface area contributed by atoms with Crippen LogP contribution in [0.25, 0.3) is 5.69 Å². The largest absolute Gasteiger partial charge is 0.395 e. The average Bonchev–Trinajstić information content (AvgIpc) is 3.27. The Kier molecular flexibility index (Phi) is 8.17. The van der Waals surface area contributed by atoms with Crippen LogP contribution >= 0.6 is 0 Å². The molecule has 0 aliphatic carbocycles. The van der Waals surface area contributed by atoms with E-state index in [9.17, 15) is 20.4 Å². The molecule has 0 spiro atoms. The predicted molar refractivity (Wildman–Crippen MR) is 114 cm³/mol. The number of likely N-dealkylation sites (tertiary alicyclic amines) is 1. The number of rotatable bonds is 10. The van der Waals surface area contributed by atoms with E-state index >= 15 is 0 Å². The van der Waals surface area contributed by atoms with E-state index in [1.54, 1.807) is 12.7 Å². The Morgan fingerprint density at radius 1 is 1.03 bits per heavy atom. The van der Waals surface area contributed by atoms with Gasteiger partial charge in [-0.3, -0.25) is 9.47 Å². The number of β-amino-alcohol motifs (C(OH)–C–C–N with tert-alkyl or cyclic N) is 1. The molecule has 2 aromatic rings. The first-order chi connectivity index (χ1) is 14.5. The Balaban J connectivity index is 1.34. The molecule has 9 nitrogen and oxygen atoms in total. The third kappa shape index (κ3) is 5.55. The second-order valence-electron chi connectivity index (χ2n) is 8.00. The summed E-state index contributed by atoms with van der Waals surface area (Å²) in [6.45, 7) is 3.69. The second kappa shape index (κ2) is 10.8. The van der Waals surface area contributed by atoms with Crippen molar-refractivity contribution in [2.24, 2.45) is 0 Å². The molecule has 0 bridgehead atoms. The molecule has 1 aromatic carbocycles. The Hall–Kier alpha value is -2.04. The van der Waals surface area contributed by atoms with Gasteiger partial charge in [0.05, 0.1) is 18.8 Å². The van der Waals surface area contributed by atoms with Crippen molar-refractivity contribution >= 4 is 5.69 Å². The lowest BCUT2D eigenvalue weighted by Crippen LogP contribution is -2.62. The fourth-order valence-electron chi connectivity index (χ4n) is 3.99. The van der Waals surface area contributed by atoms with E-state index in [-0.39, 0.29) is 13.2 Å². The number of aromatic nitrogens is 3. The minimum atomic E-state index is -1.20. The standard InChI is InChI=1S/C21H33N5O4/c1-15-10-16(26-13-23-24-14-26)6-7-17(15)22-8-4-2-3-5-9-25-11-19(28)21(30)20(29)18(25)12-27/h6-7,10,13-14,18-22,27-30H,2-5,8-9,11-12H2,1H3/t18-,19+,20-,21-/m1/s1. The van der Waals surface area contributed by atoms with E-state index < -0.39 is 24.4 Å². The fourth-order valence-corrected chi connectivity index (χ4v) is 3.99. The number of unbranched alkanes of at least 4 members (excludes halogenated alkanes) is 3. The van der Waals surface area contributed by atoms with Crippen LogP contribution in [0.4, 0.5) is 5.69 Å². The molecule has 0 saturated carbocycles. The Labute approximate surface area is 177 Å². The van der Waals surface area contributed by atoms with Crippen molar-refractivity contribution in [3.05, 3.63) is 36.4 Å². The van der Waals surface area contributed by atoms with Crippen molar-refractivity contribution in [1.29, 1.82) is 0 Å². The SMILES string of the molecule is Cc1cc(-n2cnnc2)ccc1NCCCCCCN1C[C@H](O)[C@@H](O)[C@H](O)[C@H]1CO. The quantitative estimate of drug-likeness (QED) is 0.348. The molecule has 0 unspecified atom stereocenters. The number of aliphatic hydroxyl groups excluding tert-OH is 4. The minimum absolute atomic E-state index is 0.232. The van der Waals surface area contributed by atoms with E-state index in [1.165, 1.54) is 5.56 Å². The maximum Gasteiger partial charge on any atom is 0.123 e. The third-order valence-corrected chi connectivity index (χ3v) is 5.83. The lowest BCUT2D eigenvalue weighted by atomic mass is 9.94. The molecule has 3 rings (SSSR count).